The van der Waals surface area contributed by atoms with Gasteiger partial charge in [-0.3, -0.25) is 14.4 Å². The van der Waals surface area contributed by atoms with E-state index in [2.05, 4.69) is 83.1 Å². The molecule has 0 heterocycles. The number of hydrogen-bond donors (Lipinski definition) is 0. The molecule has 0 spiro atoms. The summed E-state index contributed by atoms with van der Waals surface area (Å²) in [4.78, 5) is 40.3. The average molecular weight is 541 g/mol. The lowest BCUT2D eigenvalue weighted by Gasteiger charge is -2.35. The summed E-state index contributed by atoms with van der Waals surface area (Å²) in [5.41, 5.74) is 5.71. The monoisotopic (exact) mass is 540 g/mol. The van der Waals surface area contributed by atoms with E-state index in [-0.39, 0.29) is 38.7 Å². The van der Waals surface area contributed by atoms with Gasteiger partial charge in [0, 0.05) is 22.3 Å². The topological polar surface area (TPSA) is 51.2 Å². The molecule has 0 unspecified atom stereocenters. The van der Waals surface area contributed by atoms with E-state index in [9.17, 15) is 14.4 Å². The van der Waals surface area contributed by atoms with Gasteiger partial charge in [-0.05, 0) is 106 Å². The second kappa shape index (κ2) is 10.1. The summed E-state index contributed by atoms with van der Waals surface area (Å²) >= 11 is 0. The Morgan fingerprint density at radius 2 is 0.900 bits per heavy atom. The van der Waals surface area contributed by atoms with Crippen molar-refractivity contribution in [2.24, 2.45) is 21.7 Å². The van der Waals surface area contributed by atoms with E-state index in [1.165, 1.54) is 0 Å². The third-order valence-electron chi connectivity index (χ3n) is 7.74. The Hall–Kier alpha value is -3.07. The Labute approximate surface area is 242 Å². The molecule has 2 aliphatic rings. The first-order chi connectivity index (χ1) is 17.9. The fraction of sp³-hybridized carbons (Fsp3) is 0.486. The molecule has 0 amide bonds. The van der Waals surface area contributed by atoms with Crippen LogP contribution in [0.15, 0.2) is 69.1 Å². The number of aryl methyl sites for hydroxylation is 2. The van der Waals surface area contributed by atoms with Crippen molar-refractivity contribution >= 4 is 17.1 Å². The van der Waals surface area contributed by atoms with Crippen molar-refractivity contribution in [2.75, 3.05) is 0 Å². The minimum atomic E-state index is -0.366. The maximum Gasteiger partial charge on any atom is 0.186 e. The first-order valence-electron chi connectivity index (χ1n) is 14.3. The molecule has 0 atom stereocenters. The molecule has 3 rings (SSSR count). The van der Waals surface area contributed by atoms with Crippen molar-refractivity contribution in [1.82, 2.24) is 0 Å². The van der Waals surface area contributed by atoms with Crippen LogP contribution < -0.4 is 5.43 Å². The Bertz CT molecular complexity index is 1370. The van der Waals surface area contributed by atoms with Crippen LogP contribution in [-0.2, 0) is 9.59 Å². The fourth-order valence-corrected chi connectivity index (χ4v) is 5.37. The highest BCUT2D eigenvalue weighted by molar-refractivity contribution is 6.15. The number of ketones is 2. The Morgan fingerprint density at radius 1 is 0.575 bits per heavy atom. The molecule has 0 aromatic heterocycles. The number of Topliss-reactive ketones (excluding diaryl/α,β-unsaturated/α-hetero) is 2. The van der Waals surface area contributed by atoms with E-state index in [1.54, 1.807) is 0 Å². The molecule has 0 saturated heterocycles. The molecule has 0 radical (unpaired) electrons. The summed E-state index contributed by atoms with van der Waals surface area (Å²) in [6, 6.07) is 3.89. The molecule has 40 heavy (non-hydrogen) atoms. The van der Waals surface area contributed by atoms with E-state index in [0.717, 1.165) is 44.9 Å². The van der Waals surface area contributed by atoms with Crippen molar-refractivity contribution in [3.63, 3.8) is 0 Å². The van der Waals surface area contributed by atoms with Crippen molar-refractivity contribution in [2.45, 2.75) is 96.9 Å². The number of carbonyl (C=O) groups excluding carboxylic acids is 2. The minimum Gasteiger partial charge on any atom is -0.289 e. The predicted molar refractivity (Wildman–Crippen MR) is 168 cm³/mol. The van der Waals surface area contributed by atoms with Crippen molar-refractivity contribution in [1.29, 1.82) is 0 Å². The van der Waals surface area contributed by atoms with Gasteiger partial charge in [-0.15, -0.1) is 0 Å². The minimum absolute atomic E-state index is 0.0319. The zero-order valence-corrected chi connectivity index (χ0v) is 27.2. The largest absolute Gasteiger partial charge is 0.289 e. The summed E-state index contributed by atoms with van der Waals surface area (Å²) in [7, 11) is 0. The van der Waals surface area contributed by atoms with Crippen LogP contribution in [0, 0.1) is 41.4 Å². The van der Waals surface area contributed by atoms with Crippen LogP contribution in [0.3, 0.4) is 0 Å². The molecule has 214 valence electrons. The molecule has 0 aliphatic heterocycles. The van der Waals surface area contributed by atoms with Gasteiger partial charge < -0.3 is 0 Å². The molecular weight excluding hydrogens is 492 g/mol. The molecule has 3 heteroatoms. The molecule has 0 fully saturated rings. The van der Waals surface area contributed by atoms with Crippen LogP contribution in [0.2, 0.25) is 0 Å². The molecule has 0 N–H and O–H groups in total. The Balaban J connectivity index is 2.58. The van der Waals surface area contributed by atoms with Gasteiger partial charge in [-0.2, -0.15) is 0 Å². The number of rotatable bonds is 2. The van der Waals surface area contributed by atoms with Crippen molar-refractivity contribution in [3.05, 3.63) is 97.1 Å². The first kappa shape index (κ1) is 31.5. The van der Waals surface area contributed by atoms with Crippen LogP contribution in [0.4, 0.5) is 0 Å². The molecule has 0 saturated carbocycles. The molecular formula is C37H48O3. The van der Waals surface area contributed by atoms with Crippen LogP contribution in [-0.4, -0.2) is 11.6 Å². The van der Waals surface area contributed by atoms with Crippen LogP contribution >= 0.6 is 0 Å². The van der Waals surface area contributed by atoms with Gasteiger partial charge in [0.1, 0.15) is 0 Å². The van der Waals surface area contributed by atoms with Gasteiger partial charge in [0.15, 0.2) is 17.0 Å². The predicted octanol–water partition coefficient (Wildman–Crippen LogP) is 8.77. The number of allylic oxidation sites excluding steroid dienone is 10. The van der Waals surface area contributed by atoms with Crippen LogP contribution in [0.1, 0.15) is 99.8 Å². The van der Waals surface area contributed by atoms with Crippen LogP contribution in [0.25, 0.3) is 5.57 Å². The molecule has 2 aliphatic carbocycles. The summed E-state index contributed by atoms with van der Waals surface area (Å²) in [5, 5.41) is 0. The number of hydrogen-bond acceptors (Lipinski definition) is 3. The molecule has 1 aromatic carbocycles. The summed E-state index contributed by atoms with van der Waals surface area (Å²) in [5.74, 6) is 1.07. The van der Waals surface area contributed by atoms with Crippen molar-refractivity contribution in [3.8, 4) is 0 Å². The highest BCUT2D eigenvalue weighted by Crippen LogP contribution is 2.47. The Morgan fingerprint density at radius 3 is 1.23 bits per heavy atom. The number of benzene rings is 1. The van der Waals surface area contributed by atoms with Gasteiger partial charge in [-0.25, -0.2) is 0 Å². The van der Waals surface area contributed by atoms with Gasteiger partial charge in [0.05, 0.1) is 0 Å². The molecule has 3 nitrogen and oxygen atoms in total. The lowest BCUT2D eigenvalue weighted by molar-refractivity contribution is -0.114. The lowest BCUT2D eigenvalue weighted by atomic mass is 9.67. The highest BCUT2D eigenvalue weighted by atomic mass is 16.1. The van der Waals surface area contributed by atoms with E-state index >= 15 is 0 Å². The first-order valence-corrected chi connectivity index (χ1v) is 14.3. The molecule has 0 bridgehead atoms. The Kier molecular flexibility index (Phi) is 7.93. The second-order valence-electron chi connectivity index (χ2n) is 15.6. The zero-order chi connectivity index (χ0) is 30.7. The normalized spacial score (nSPS) is 17.4. The third-order valence-corrected chi connectivity index (χ3v) is 7.74. The van der Waals surface area contributed by atoms with Gasteiger partial charge in [0.2, 0.25) is 0 Å². The second-order valence-corrected chi connectivity index (χ2v) is 15.6. The van der Waals surface area contributed by atoms with Gasteiger partial charge >= 0.3 is 0 Å². The van der Waals surface area contributed by atoms with E-state index in [4.69, 9.17) is 0 Å². The SMILES string of the molecule is Cc1c[c-](C(=C2C=C(C(C)(C)C)C(=O)C(C(C)(C)C)=C2)[C+]2C=C(C(C)(C)C)C(=O)C(C(C)(C)C)=C2)cc(C)c1=O. The third kappa shape index (κ3) is 6.14. The quantitative estimate of drug-likeness (QED) is 0.352. The maximum absolute atomic E-state index is 13.8. The summed E-state index contributed by atoms with van der Waals surface area (Å²) in [6.07, 6.45) is 8.12. The average Bonchev–Trinajstić information content (AvgIpc) is 2.76. The smallest absolute Gasteiger partial charge is 0.186 e. The lowest BCUT2D eigenvalue weighted by Crippen LogP contribution is -2.30. The zero-order valence-electron chi connectivity index (χ0n) is 27.2. The van der Waals surface area contributed by atoms with Gasteiger partial charge in [0.25, 0.3) is 0 Å². The fourth-order valence-electron chi connectivity index (χ4n) is 5.37. The molecule has 1 aromatic rings. The van der Waals surface area contributed by atoms with E-state index in [0.29, 0.717) is 11.1 Å². The summed E-state index contributed by atoms with van der Waals surface area (Å²) in [6.45, 7) is 28.5. The maximum atomic E-state index is 13.8. The van der Waals surface area contributed by atoms with Gasteiger partial charge in [-0.1, -0.05) is 83.1 Å². The van der Waals surface area contributed by atoms with E-state index in [1.807, 2.05) is 50.3 Å². The van der Waals surface area contributed by atoms with Crippen molar-refractivity contribution < 1.29 is 9.59 Å². The standard InChI is InChI=1S/C37H48O3/c1-21-15-23(16-22(2)31(21)38)30(24-17-26(34(3,4)5)32(39)27(18-24)35(6,7)8)25-19-28(36(9,10)11)33(40)29(20-25)37(12,13)14/h15-20H,1-14H3. The number of carbonyl (C=O) groups is 2. The van der Waals surface area contributed by atoms with Crippen LogP contribution in [0.5, 0.6) is 0 Å². The van der Waals surface area contributed by atoms with E-state index < -0.39 is 0 Å². The summed E-state index contributed by atoms with van der Waals surface area (Å²) < 4.78 is 0. The highest BCUT2D eigenvalue weighted by Gasteiger charge is 2.38.